The van der Waals surface area contributed by atoms with Crippen LogP contribution in [0.1, 0.15) is 0 Å². The Kier molecular flexibility index (Phi) is 8.89. The molecule has 6 amide bonds. The molecule has 0 bridgehead atoms. The Labute approximate surface area is 169 Å². The Bertz CT molecular complexity index is 749. The molecule has 10 heteroatoms. The van der Waals surface area contributed by atoms with Crippen molar-refractivity contribution in [1.29, 1.82) is 0 Å². The van der Waals surface area contributed by atoms with Crippen LogP contribution in [-0.4, -0.2) is 35.4 Å². The van der Waals surface area contributed by atoms with Crippen molar-refractivity contribution < 1.29 is 19.2 Å². The van der Waals surface area contributed by atoms with Gasteiger partial charge in [-0.2, -0.15) is 0 Å². The van der Waals surface area contributed by atoms with Crippen LogP contribution in [0, 0.1) is 0 Å². The number of para-hydroxylation sites is 2. The number of hydrogen-bond donors (Lipinski definition) is 4. The molecule has 2 rings (SSSR count). The van der Waals surface area contributed by atoms with E-state index in [1.807, 2.05) is 12.1 Å². The summed E-state index contributed by atoms with van der Waals surface area (Å²) >= 11 is 0. The zero-order chi connectivity index (χ0) is 20.2. The Morgan fingerprint density at radius 1 is 0.607 bits per heavy atom. The highest BCUT2D eigenvalue weighted by molar-refractivity contribution is 8.77. The first-order valence-electron chi connectivity index (χ1n) is 8.09. The zero-order valence-corrected chi connectivity index (χ0v) is 16.3. The molecule has 0 atom stereocenters. The van der Waals surface area contributed by atoms with Crippen LogP contribution < -0.4 is 21.3 Å². The third-order valence-corrected chi connectivity index (χ3v) is 5.17. The number of carbonyl (C=O) groups excluding carboxylic acids is 4. The lowest BCUT2D eigenvalue weighted by Crippen LogP contribution is -2.36. The summed E-state index contributed by atoms with van der Waals surface area (Å²) in [4.78, 5) is 46.7. The molecular formula is C18H18N4O4S2. The SMILES string of the molecule is O=C(CSSCC(=O)NC(=O)Nc1ccccc1)NC(=O)Nc1ccccc1. The maximum Gasteiger partial charge on any atom is 0.325 e. The fourth-order valence-corrected chi connectivity index (χ4v) is 3.55. The molecule has 0 unspecified atom stereocenters. The highest BCUT2D eigenvalue weighted by atomic mass is 33.1. The van der Waals surface area contributed by atoms with E-state index in [0.717, 1.165) is 21.6 Å². The molecule has 0 heterocycles. The van der Waals surface area contributed by atoms with Crippen molar-refractivity contribution in [3.63, 3.8) is 0 Å². The molecule has 0 saturated heterocycles. The van der Waals surface area contributed by atoms with Crippen LogP contribution >= 0.6 is 21.6 Å². The number of hydrogen-bond acceptors (Lipinski definition) is 6. The summed E-state index contributed by atoms with van der Waals surface area (Å²) in [6.45, 7) is 0. The van der Waals surface area contributed by atoms with Crippen LogP contribution in [-0.2, 0) is 9.59 Å². The summed E-state index contributed by atoms with van der Waals surface area (Å²) < 4.78 is 0. The topological polar surface area (TPSA) is 116 Å². The maximum atomic E-state index is 11.7. The van der Waals surface area contributed by atoms with Crippen LogP contribution in [0.4, 0.5) is 21.0 Å². The zero-order valence-electron chi connectivity index (χ0n) is 14.6. The molecule has 2 aromatic rings. The van der Waals surface area contributed by atoms with Crippen molar-refractivity contribution >= 4 is 56.8 Å². The van der Waals surface area contributed by atoms with E-state index in [-0.39, 0.29) is 11.5 Å². The van der Waals surface area contributed by atoms with E-state index in [4.69, 9.17) is 0 Å². The minimum atomic E-state index is -0.628. The predicted octanol–water partition coefficient (Wildman–Crippen LogP) is 3.06. The van der Waals surface area contributed by atoms with Gasteiger partial charge in [0.25, 0.3) is 0 Å². The van der Waals surface area contributed by atoms with Gasteiger partial charge in [0.2, 0.25) is 11.8 Å². The standard InChI is InChI=1S/C18H18N4O4S2/c23-15(21-17(25)19-13-7-3-1-4-8-13)11-27-28-12-16(24)22-18(26)20-14-9-5-2-6-10-14/h1-10H,11-12H2,(H2,19,21,23,25)(H2,20,22,24,26). The minimum Gasteiger partial charge on any atom is -0.308 e. The summed E-state index contributed by atoms with van der Waals surface area (Å²) in [6.07, 6.45) is 0. The van der Waals surface area contributed by atoms with Gasteiger partial charge in [-0.05, 0) is 24.3 Å². The lowest BCUT2D eigenvalue weighted by atomic mass is 10.3. The lowest BCUT2D eigenvalue weighted by Gasteiger charge is -2.07. The summed E-state index contributed by atoms with van der Waals surface area (Å²) in [5.74, 6) is -1.02. The molecule has 0 spiro atoms. The quantitative estimate of drug-likeness (QED) is 0.406. The lowest BCUT2D eigenvalue weighted by molar-refractivity contribution is -0.118. The second-order valence-electron chi connectivity index (χ2n) is 5.26. The molecular weight excluding hydrogens is 400 g/mol. The van der Waals surface area contributed by atoms with Gasteiger partial charge in [0.05, 0.1) is 11.5 Å². The van der Waals surface area contributed by atoms with Gasteiger partial charge >= 0.3 is 12.1 Å². The summed E-state index contributed by atoms with van der Waals surface area (Å²) in [7, 11) is 2.20. The van der Waals surface area contributed by atoms with E-state index >= 15 is 0 Å². The van der Waals surface area contributed by atoms with Crippen molar-refractivity contribution in [1.82, 2.24) is 10.6 Å². The Hall–Kier alpha value is -2.98. The third-order valence-electron chi connectivity index (χ3n) is 3.03. The van der Waals surface area contributed by atoms with Gasteiger partial charge in [0.15, 0.2) is 0 Å². The molecule has 0 aliphatic heterocycles. The average Bonchev–Trinajstić information content (AvgIpc) is 2.66. The largest absolute Gasteiger partial charge is 0.325 e. The predicted molar refractivity (Wildman–Crippen MR) is 112 cm³/mol. The molecule has 0 aromatic heterocycles. The van der Waals surface area contributed by atoms with Gasteiger partial charge in [-0.3, -0.25) is 20.2 Å². The molecule has 2 aromatic carbocycles. The normalized spacial score (nSPS) is 9.86. The van der Waals surface area contributed by atoms with E-state index in [0.29, 0.717) is 11.4 Å². The number of rotatable bonds is 7. The highest BCUT2D eigenvalue weighted by Crippen LogP contribution is 2.20. The van der Waals surface area contributed by atoms with E-state index in [9.17, 15) is 19.2 Å². The molecule has 0 aliphatic carbocycles. The van der Waals surface area contributed by atoms with Crippen molar-refractivity contribution in [2.75, 3.05) is 22.1 Å². The Morgan fingerprint density at radius 2 is 0.964 bits per heavy atom. The number of urea groups is 2. The molecule has 8 nitrogen and oxygen atoms in total. The van der Waals surface area contributed by atoms with Crippen molar-refractivity contribution in [2.45, 2.75) is 0 Å². The smallest absolute Gasteiger partial charge is 0.308 e. The monoisotopic (exact) mass is 418 g/mol. The molecule has 0 saturated carbocycles. The second kappa shape index (κ2) is 11.7. The third kappa shape index (κ3) is 8.60. The second-order valence-corrected chi connectivity index (χ2v) is 7.72. The maximum absolute atomic E-state index is 11.7. The number of carbonyl (C=O) groups is 4. The first kappa shape index (κ1) is 21.3. The number of anilines is 2. The van der Waals surface area contributed by atoms with E-state index in [2.05, 4.69) is 21.3 Å². The van der Waals surface area contributed by atoms with Gasteiger partial charge in [-0.15, -0.1) is 0 Å². The van der Waals surface area contributed by atoms with Crippen LogP contribution in [0.3, 0.4) is 0 Å². The van der Waals surface area contributed by atoms with Crippen molar-refractivity contribution in [3.8, 4) is 0 Å². The number of nitrogens with one attached hydrogen (secondary N) is 4. The molecule has 0 fully saturated rings. The van der Waals surface area contributed by atoms with E-state index in [1.54, 1.807) is 48.5 Å². The van der Waals surface area contributed by atoms with Gasteiger partial charge < -0.3 is 10.6 Å². The van der Waals surface area contributed by atoms with Crippen LogP contribution in [0.15, 0.2) is 60.7 Å². The first-order chi connectivity index (χ1) is 13.5. The van der Waals surface area contributed by atoms with Crippen LogP contribution in [0.25, 0.3) is 0 Å². The molecule has 146 valence electrons. The van der Waals surface area contributed by atoms with Crippen molar-refractivity contribution in [3.05, 3.63) is 60.7 Å². The van der Waals surface area contributed by atoms with Gasteiger partial charge in [-0.25, -0.2) is 9.59 Å². The van der Waals surface area contributed by atoms with E-state index < -0.39 is 23.9 Å². The van der Waals surface area contributed by atoms with Crippen LogP contribution in [0.2, 0.25) is 0 Å². The van der Waals surface area contributed by atoms with Gasteiger partial charge in [-0.1, -0.05) is 58.0 Å². The summed E-state index contributed by atoms with van der Waals surface area (Å²) in [5.41, 5.74) is 1.14. The summed E-state index contributed by atoms with van der Waals surface area (Å²) in [6, 6.07) is 16.2. The fourth-order valence-electron chi connectivity index (χ4n) is 1.88. The molecule has 0 aliphatic rings. The van der Waals surface area contributed by atoms with E-state index in [1.165, 1.54) is 0 Å². The van der Waals surface area contributed by atoms with Crippen molar-refractivity contribution in [2.24, 2.45) is 0 Å². The Balaban J connectivity index is 1.57. The molecule has 28 heavy (non-hydrogen) atoms. The first-order valence-corrected chi connectivity index (χ1v) is 10.6. The number of amides is 6. The Morgan fingerprint density at radius 3 is 1.32 bits per heavy atom. The number of imide groups is 2. The van der Waals surface area contributed by atoms with Gasteiger partial charge in [0.1, 0.15) is 0 Å². The molecule has 0 radical (unpaired) electrons. The summed E-state index contributed by atoms with van der Waals surface area (Å²) in [5, 5.41) is 9.43. The average molecular weight is 419 g/mol. The highest BCUT2D eigenvalue weighted by Gasteiger charge is 2.11. The minimum absolute atomic E-state index is 0.0175. The number of benzene rings is 2. The van der Waals surface area contributed by atoms with Gasteiger partial charge in [0, 0.05) is 11.4 Å². The van der Waals surface area contributed by atoms with Crippen LogP contribution in [0.5, 0.6) is 0 Å². The molecule has 4 N–H and O–H groups in total. The fraction of sp³-hybridized carbons (Fsp3) is 0.111.